The molecule has 0 aromatic carbocycles. The first-order chi connectivity index (χ1) is 7.36. The number of hydrogen-bond donors (Lipinski definition) is 1. The average molecular weight is 201 g/mol. The summed E-state index contributed by atoms with van der Waals surface area (Å²) in [5.74, 6) is 1.83. The lowest BCUT2D eigenvalue weighted by atomic mass is 10.1. The first kappa shape index (κ1) is 8.47. The molecule has 1 saturated carbocycles. The van der Waals surface area contributed by atoms with Crippen LogP contribution in [0.2, 0.25) is 0 Å². The van der Waals surface area contributed by atoms with E-state index >= 15 is 0 Å². The van der Waals surface area contributed by atoms with Crippen LogP contribution in [-0.4, -0.2) is 10.1 Å². The fourth-order valence-electron chi connectivity index (χ4n) is 1.71. The van der Waals surface area contributed by atoms with Crippen LogP contribution in [0.5, 0.6) is 0 Å². The van der Waals surface area contributed by atoms with E-state index in [0.29, 0.717) is 11.7 Å². The second kappa shape index (κ2) is 3.08. The van der Waals surface area contributed by atoms with E-state index in [0.717, 1.165) is 29.9 Å². The second-order valence-corrected chi connectivity index (χ2v) is 3.80. The van der Waals surface area contributed by atoms with Crippen LogP contribution in [-0.2, 0) is 0 Å². The molecule has 76 valence electrons. The summed E-state index contributed by atoms with van der Waals surface area (Å²) >= 11 is 0. The van der Waals surface area contributed by atoms with Gasteiger partial charge in [-0.05, 0) is 25.0 Å². The van der Waals surface area contributed by atoms with Gasteiger partial charge in [0.05, 0.1) is 11.3 Å². The van der Waals surface area contributed by atoms with Crippen molar-refractivity contribution in [3.05, 3.63) is 30.2 Å². The van der Waals surface area contributed by atoms with Crippen LogP contribution >= 0.6 is 0 Å². The lowest BCUT2D eigenvalue weighted by molar-refractivity contribution is 0.387. The third-order valence-corrected chi connectivity index (χ3v) is 2.61. The minimum atomic E-state index is 0.440. The van der Waals surface area contributed by atoms with Gasteiger partial charge in [0.1, 0.15) is 0 Å². The van der Waals surface area contributed by atoms with Crippen molar-refractivity contribution < 1.29 is 4.52 Å². The highest BCUT2D eigenvalue weighted by Crippen LogP contribution is 2.45. The van der Waals surface area contributed by atoms with Crippen LogP contribution in [0.25, 0.3) is 11.3 Å². The van der Waals surface area contributed by atoms with E-state index in [9.17, 15) is 0 Å². The maximum atomic E-state index is 5.79. The molecule has 0 aliphatic heterocycles. The Bertz CT molecular complexity index is 474. The van der Waals surface area contributed by atoms with E-state index in [1.807, 2.05) is 18.2 Å². The molecule has 0 spiro atoms. The summed E-state index contributed by atoms with van der Waals surface area (Å²) in [5, 5.41) is 3.82. The van der Waals surface area contributed by atoms with Crippen LogP contribution < -0.4 is 5.73 Å². The van der Waals surface area contributed by atoms with Gasteiger partial charge in [-0.25, -0.2) is 0 Å². The monoisotopic (exact) mass is 201 g/mol. The molecule has 4 nitrogen and oxygen atoms in total. The molecule has 0 saturated heterocycles. The van der Waals surface area contributed by atoms with Crippen molar-refractivity contribution in [3.8, 4) is 11.3 Å². The molecule has 4 heteroatoms. The van der Waals surface area contributed by atoms with Gasteiger partial charge in [-0.2, -0.15) is 0 Å². The number of nitrogen functional groups attached to an aromatic ring is 1. The zero-order valence-electron chi connectivity index (χ0n) is 8.18. The van der Waals surface area contributed by atoms with Crippen molar-refractivity contribution >= 4 is 5.82 Å². The van der Waals surface area contributed by atoms with Crippen LogP contribution in [0.1, 0.15) is 24.5 Å². The van der Waals surface area contributed by atoms with E-state index in [4.69, 9.17) is 10.3 Å². The molecule has 2 N–H and O–H groups in total. The van der Waals surface area contributed by atoms with E-state index in [1.165, 1.54) is 0 Å². The number of anilines is 1. The van der Waals surface area contributed by atoms with Crippen molar-refractivity contribution in [2.45, 2.75) is 18.8 Å². The van der Waals surface area contributed by atoms with Crippen molar-refractivity contribution in [2.75, 3.05) is 5.73 Å². The lowest BCUT2D eigenvalue weighted by Crippen LogP contribution is -1.91. The molecule has 0 amide bonds. The largest absolute Gasteiger partial charge is 0.380 e. The van der Waals surface area contributed by atoms with Gasteiger partial charge >= 0.3 is 0 Å². The van der Waals surface area contributed by atoms with Crippen molar-refractivity contribution in [1.82, 2.24) is 10.1 Å². The summed E-state index contributed by atoms with van der Waals surface area (Å²) < 4.78 is 5.26. The minimum Gasteiger partial charge on any atom is -0.380 e. The second-order valence-electron chi connectivity index (χ2n) is 3.80. The quantitative estimate of drug-likeness (QED) is 0.808. The average Bonchev–Trinajstić information content (AvgIpc) is 3.04. The van der Waals surface area contributed by atoms with Gasteiger partial charge in [0.15, 0.2) is 11.6 Å². The van der Waals surface area contributed by atoms with E-state index in [2.05, 4.69) is 10.1 Å². The Hall–Kier alpha value is -1.84. The summed E-state index contributed by atoms with van der Waals surface area (Å²) in [5.41, 5.74) is 7.51. The molecule has 1 fully saturated rings. The molecule has 2 aromatic heterocycles. The van der Waals surface area contributed by atoms with Crippen LogP contribution in [0.3, 0.4) is 0 Å². The molecule has 3 rings (SSSR count). The number of nitrogens with two attached hydrogens (primary N) is 1. The van der Waals surface area contributed by atoms with Gasteiger partial charge in [-0.15, -0.1) is 0 Å². The van der Waals surface area contributed by atoms with Gasteiger partial charge in [0.25, 0.3) is 0 Å². The van der Waals surface area contributed by atoms with E-state index < -0.39 is 0 Å². The maximum absolute atomic E-state index is 5.79. The Morgan fingerprint density at radius 2 is 2.20 bits per heavy atom. The summed E-state index contributed by atoms with van der Waals surface area (Å²) in [4.78, 5) is 4.27. The molecule has 15 heavy (non-hydrogen) atoms. The van der Waals surface area contributed by atoms with E-state index in [-0.39, 0.29) is 0 Å². The Kier molecular flexibility index (Phi) is 1.74. The lowest BCUT2D eigenvalue weighted by Gasteiger charge is -1.99. The topological polar surface area (TPSA) is 64.9 Å². The molecule has 0 atom stereocenters. The molecule has 2 heterocycles. The fraction of sp³-hybridized carbons (Fsp3) is 0.273. The summed E-state index contributed by atoms with van der Waals surface area (Å²) in [6.45, 7) is 0. The van der Waals surface area contributed by atoms with Gasteiger partial charge in [0.2, 0.25) is 0 Å². The highest BCUT2D eigenvalue weighted by atomic mass is 16.5. The Morgan fingerprint density at radius 1 is 1.33 bits per heavy atom. The highest BCUT2D eigenvalue weighted by molar-refractivity contribution is 5.73. The number of nitrogens with zero attached hydrogens (tertiary/aromatic N) is 2. The van der Waals surface area contributed by atoms with Gasteiger partial charge in [0, 0.05) is 12.1 Å². The molecule has 1 aliphatic rings. The van der Waals surface area contributed by atoms with E-state index in [1.54, 1.807) is 6.20 Å². The van der Waals surface area contributed by atoms with Crippen LogP contribution in [0, 0.1) is 0 Å². The zero-order chi connectivity index (χ0) is 10.3. The predicted molar refractivity (Wildman–Crippen MR) is 56.1 cm³/mol. The normalized spacial score (nSPS) is 15.5. The highest BCUT2D eigenvalue weighted by Gasteiger charge is 2.32. The molecule has 2 aromatic rings. The Labute approximate surface area is 87.1 Å². The maximum Gasteiger partial charge on any atom is 0.176 e. The Balaban J connectivity index is 2.13. The third-order valence-electron chi connectivity index (χ3n) is 2.61. The summed E-state index contributed by atoms with van der Waals surface area (Å²) in [7, 11) is 0. The molecule has 1 aliphatic carbocycles. The number of rotatable bonds is 2. The summed E-state index contributed by atoms with van der Waals surface area (Å²) in [6.07, 6.45) is 4.07. The van der Waals surface area contributed by atoms with Crippen molar-refractivity contribution in [1.29, 1.82) is 0 Å². The smallest absolute Gasteiger partial charge is 0.176 e. The SMILES string of the molecule is Nc1noc(C2CC2)c1-c1ccccn1. The number of aromatic nitrogens is 2. The molecular formula is C11H11N3O. The van der Waals surface area contributed by atoms with Crippen molar-refractivity contribution in [2.24, 2.45) is 0 Å². The fourth-order valence-corrected chi connectivity index (χ4v) is 1.71. The predicted octanol–water partition coefficient (Wildman–Crippen LogP) is 2.20. The zero-order valence-corrected chi connectivity index (χ0v) is 8.18. The van der Waals surface area contributed by atoms with Gasteiger partial charge in [-0.1, -0.05) is 11.2 Å². The first-order valence-electron chi connectivity index (χ1n) is 5.02. The standard InChI is InChI=1S/C11H11N3O/c12-11-9(8-3-1-2-6-13-8)10(15-14-11)7-4-5-7/h1-3,6-7H,4-5H2,(H2,12,14). The first-order valence-corrected chi connectivity index (χ1v) is 5.02. The molecule has 0 unspecified atom stereocenters. The van der Waals surface area contributed by atoms with Gasteiger partial charge in [-0.3, -0.25) is 4.98 Å². The van der Waals surface area contributed by atoms with Crippen LogP contribution in [0.15, 0.2) is 28.9 Å². The summed E-state index contributed by atoms with van der Waals surface area (Å²) in [6, 6.07) is 5.74. The van der Waals surface area contributed by atoms with Crippen molar-refractivity contribution in [3.63, 3.8) is 0 Å². The Morgan fingerprint density at radius 3 is 2.87 bits per heavy atom. The number of hydrogen-bond acceptors (Lipinski definition) is 4. The number of pyridine rings is 1. The molecule has 0 bridgehead atoms. The molecular weight excluding hydrogens is 190 g/mol. The molecule has 0 radical (unpaired) electrons. The van der Waals surface area contributed by atoms with Gasteiger partial charge < -0.3 is 10.3 Å². The third kappa shape index (κ3) is 1.38. The van der Waals surface area contributed by atoms with Crippen LogP contribution in [0.4, 0.5) is 5.82 Å². The minimum absolute atomic E-state index is 0.440.